The van der Waals surface area contributed by atoms with Gasteiger partial charge in [-0.3, -0.25) is 0 Å². The van der Waals surface area contributed by atoms with Gasteiger partial charge in [0, 0.05) is 19.1 Å². The van der Waals surface area contributed by atoms with Crippen LogP contribution in [0.2, 0.25) is 0 Å². The van der Waals surface area contributed by atoms with Crippen LogP contribution in [0.3, 0.4) is 0 Å². The third kappa shape index (κ3) is 2.11. The van der Waals surface area contributed by atoms with Gasteiger partial charge in [-0.15, -0.1) is 0 Å². The molecule has 0 aromatic rings. The molecule has 0 aromatic heterocycles. The molecule has 0 aliphatic carbocycles. The van der Waals surface area contributed by atoms with Crippen LogP contribution >= 0.6 is 0 Å². The lowest BCUT2D eigenvalue weighted by Gasteiger charge is -2.25. The molecule has 2 N–H and O–H groups in total. The number of rotatable bonds is 2. The van der Waals surface area contributed by atoms with Crippen LogP contribution in [0.4, 0.5) is 4.79 Å². The smallest absolute Gasteiger partial charge is 0.315 e. The maximum absolute atomic E-state index is 10.9. The second-order valence-electron chi connectivity index (χ2n) is 3.59. The van der Waals surface area contributed by atoms with E-state index in [1.807, 2.05) is 14.1 Å². The van der Waals surface area contributed by atoms with Crippen molar-refractivity contribution in [3.8, 4) is 0 Å². The minimum atomic E-state index is -0.278. The number of nitrogens with two attached hydrogens (primary N) is 1. The highest BCUT2D eigenvalue weighted by Gasteiger charge is 2.26. The van der Waals surface area contributed by atoms with Crippen molar-refractivity contribution in [3.63, 3.8) is 0 Å². The SMILES string of the molecule is CN(C)CC1CCCN1C(N)=O. The first kappa shape index (κ1) is 9.32. The van der Waals surface area contributed by atoms with Gasteiger partial charge in [-0.1, -0.05) is 0 Å². The first-order valence-corrected chi connectivity index (χ1v) is 4.32. The summed E-state index contributed by atoms with van der Waals surface area (Å²) in [6, 6.07) is 0.0526. The number of primary amides is 1. The summed E-state index contributed by atoms with van der Waals surface area (Å²) in [6.45, 7) is 1.75. The number of hydrogen-bond acceptors (Lipinski definition) is 2. The van der Waals surface area contributed by atoms with Crippen molar-refractivity contribution in [1.82, 2.24) is 9.80 Å². The third-order valence-corrected chi connectivity index (χ3v) is 2.24. The number of likely N-dealkylation sites (N-methyl/N-ethyl adjacent to an activating group) is 1. The fourth-order valence-electron chi connectivity index (χ4n) is 1.74. The van der Waals surface area contributed by atoms with Gasteiger partial charge in [-0.05, 0) is 26.9 Å². The summed E-state index contributed by atoms with van der Waals surface area (Å²) in [6.07, 6.45) is 2.17. The molecule has 1 unspecified atom stereocenters. The average molecular weight is 171 g/mol. The van der Waals surface area contributed by atoms with Crippen LogP contribution in [0.5, 0.6) is 0 Å². The topological polar surface area (TPSA) is 49.6 Å². The fraction of sp³-hybridized carbons (Fsp3) is 0.875. The Labute approximate surface area is 73.3 Å². The van der Waals surface area contributed by atoms with Gasteiger partial charge >= 0.3 is 6.03 Å². The van der Waals surface area contributed by atoms with Gasteiger partial charge in [0.05, 0.1) is 0 Å². The van der Waals surface area contributed by atoms with Crippen molar-refractivity contribution in [3.05, 3.63) is 0 Å². The van der Waals surface area contributed by atoms with Gasteiger partial charge in [-0.2, -0.15) is 0 Å². The molecule has 0 radical (unpaired) electrons. The molecule has 0 spiro atoms. The monoisotopic (exact) mass is 171 g/mol. The third-order valence-electron chi connectivity index (χ3n) is 2.24. The van der Waals surface area contributed by atoms with Crippen LogP contribution in [0, 0.1) is 0 Å². The quantitative estimate of drug-likeness (QED) is 0.640. The molecule has 1 aliphatic rings. The highest BCUT2D eigenvalue weighted by Crippen LogP contribution is 2.16. The second-order valence-corrected chi connectivity index (χ2v) is 3.59. The van der Waals surface area contributed by atoms with E-state index in [4.69, 9.17) is 5.73 Å². The lowest BCUT2D eigenvalue weighted by atomic mass is 10.2. The predicted molar refractivity (Wildman–Crippen MR) is 47.9 cm³/mol. The lowest BCUT2D eigenvalue weighted by Crippen LogP contribution is -2.43. The molecule has 1 heterocycles. The Morgan fingerprint density at radius 2 is 2.33 bits per heavy atom. The molecule has 0 bridgehead atoms. The van der Waals surface area contributed by atoms with Gasteiger partial charge in [0.15, 0.2) is 0 Å². The van der Waals surface area contributed by atoms with E-state index in [-0.39, 0.29) is 6.03 Å². The molecule has 0 aromatic carbocycles. The molecule has 4 heteroatoms. The van der Waals surface area contributed by atoms with E-state index in [9.17, 15) is 4.79 Å². The van der Waals surface area contributed by atoms with E-state index in [1.54, 1.807) is 4.90 Å². The normalized spacial score (nSPS) is 23.6. The van der Waals surface area contributed by atoms with E-state index in [0.29, 0.717) is 6.04 Å². The molecule has 2 amide bonds. The Kier molecular flexibility index (Phi) is 2.92. The van der Waals surface area contributed by atoms with Crippen LogP contribution in [0.1, 0.15) is 12.8 Å². The Bertz CT molecular complexity index is 170. The van der Waals surface area contributed by atoms with Crippen molar-refractivity contribution >= 4 is 6.03 Å². The zero-order chi connectivity index (χ0) is 9.14. The molecular weight excluding hydrogens is 154 g/mol. The maximum Gasteiger partial charge on any atom is 0.315 e. The number of carbonyl (C=O) groups is 1. The number of nitrogens with zero attached hydrogens (tertiary/aromatic N) is 2. The van der Waals surface area contributed by atoms with Gasteiger partial charge < -0.3 is 15.5 Å². The summed E-state index contributed by atoms with van der Waals surface area (Å²) in [5.74, 6) is 0. The van der Waals surface area contributed by atoms with E-state index in [1.165, 1.54) is 0 Å². The standard InChI is InChI=1S/C8H17N3O/c1-10(2)6-7-4-3-5-11(7)8(9)12/h7H,3-6H2,1-2H3,(H2,9,12). The predicted octanol–water partition coefficient (Wildman–Crippen LogP) is 0.0911. The number of urea groups is 1. The van der Waals surface area contributed by atoms with E-state index >= 15 is 0 Å². The highest BCUT2D eigenvalue weighted by atomic mass is 16.2. The molecule has 0 saturated carbocycles. The zero-order valence-corrected chi connectivity index (χ0v) is 7.79. The Morgan fingerprint density at radius 1 is 1.67 bits per heavy atom. The molecular formula is C8H17N3O. The van der Waals surface area contributed by atoms with Gasteiger partial charge in [0.1, 0.15) is 0 Å². The summed E-state index contributed by atoms with van der Waals surface area (Å²) < 4.78 is 0. The van der Waals surface area contributed by atoms with E-state index in [2.05, 4.69) is 4.90 Å². The van der Waals surface area contributed by atoms with Gasteiger partial charge in [0.2, 0.25) is 0 Å². The van der Waals surface area contributed by atoms with Crippen molar-refractivity contribution in [1.29, 1.82) is 0 Å². The second kappa shape index (κ2) is 3.76. The molecule has 1 atom stereocenters. The Hall–Kier alpha value is -0.770. The highest BCUT2D eigenvalue weighted by molar-refractivity contribution is 5.72. The van der Waals surface area contributed by atoms with Crippen molar-refractivity contribution in [2.45, 2.75) is 18.9 Å². The van der Waals surface area contributed by atoms with E-state index < -0.39 is 0 Å². The molecule has 1 fully saturated rings. The van der Waals surface area contributed by atoms with Gasteiger partial charge in [-0.25, -0.2) is 4.79 Å². The summed E-state index contributed by atoms with van der Waals surface area (Å²) in [5.41, 5.74) is 5.23. The first-order chi connectivity index (χ1) is 5.61. The van der Waals surface area contributed by atoms with Crippen LogP contribution < -0.4 is 5.73 Å². The molecule has 1 rings (SSSR count). The number of hydrogen-bond donors (Lipinski definition) is 1. The average Bonchev–Trinajstić information content (AvgIpc) is 2.33. The minimum Gasteiger partial charge on any atom is -0.351 e. The van der Waals surface area contributed by atoms with Crippen molar-refractivity contribution < 1.29 is 4.79 Å². The van der Waals surface area contributed by atoms with Crippen LogP contribution in [0.15, 0.2) is 0 Å². The zero-order valence-electron chi connectivity index (χ0n) is 7.79. The van der Waals surface area contributed by atoms with Crippen LogP contribution in [-0.2, 0) is 0 Å². The van der Waals surface area contributed by atoms with Gasteiger partial charge in [0.25, 0.3) is 0 Å². The molecule has 4 nitrogen and oxygen atoms in total. The minimum absolute atomic E-state index is 0.278. The molecule has 70 valence electrons. The van der Waals surface area contributed by atoms with E-state index in [0.717, 1.165) is 25.9 Å². The first-order valence-electron chi connectivity index (χ1n) is 4.32. The van der Waals surface area contributed by atoms with Crippen LogP contribution in [-0.4, -0.2) is 49.1 Å². The fourth-order valence-corrected chi connectivity index (χ4v) is 1.74. The van der Waals surface area contributed by atoms with Crippen LogP contribution in [0.25, 0.3) is 0 Å². The summed E-state index contributed by atoms with van der Waals surface area (Å²) in [7, 11) is 4.02. The molecule has 12 heavy (non-hydrogen) atoms. The Balaban J connectivity index is 2.46. The number of likely N-dealkylation sites (tertiary alicyclic amines) is 1. The van der Waals surface area contributed by atoms with Crippen molar-refractivity contribution in [2.24, 2.45) is 5.73 Å². The summed E-state index contributed by atoms with van der Waals surface area (Å²) >= 11 is 0. The molecule has 1 aliphatic heterocycles. The maximum atomic E-state index is 10.9. The Morgan fingerprint density at radius 3 is 2.83 bits per heavy atom. The number of carbonyl (C=O) groups excluding carboxylic acids is 1. The number of amides is 2. The lowest BCUT2D eigenvalue weighted by molar-refractivity contribution is 0.190. The summed E-state index contributed by atoms with van der Waals surface area (Å²) in [4.78, 5) is 14.8. The largest absolute Gasteiger partial charge is 0.351 e. The summed E-state index contributed by atoms with van der Waals surface area (Å²) in [5, 5.41) is 0. The van der Waals surface area contributed by atoms with Crippen molar-refractivity contribution in [2.75, 3.05) is 27.2 Å². The molecule has 1 saturated heterocycles.